The van der Waals surface area contributed by atoms with Gasteiger partial charge in [-0.25, -0.2) is 0 Å². The van der Waals surface area contributed by atoms with Gasteiger partial charge < -0.3 is 10.2 Å². The number of hydrogen-bond donors (Lipinski definition) is 1. The molecule has 0 radical (unpaired) electrons. The summed E-state index contributed by atoms with van der Waals surface area (Å²) < 4.78 is 0. The highest BCUT2D eigenvalue weighted by Crippen LogP contribution is 2.15. The third-order valence-electron chi connectivity index (χ3n) is 5.03. The molecule has 2 rings (SSSR count). The topological polar surface area (TPSA) is 79.7 Å². The van der Waals surface area contributed by atoms with E-state index in [1.54, 1.807) is 4.90 Å². The number of nitrogens with one attached hydrogen (secondary N) is 1. The fraction of sp³-hybridized carbons (Fsp3) is 0.571. The minimum Gasteiger partial charge on any atom is -0.353 e. The molecule has 28 heavy (non-hydrogen) atoms. The van der Waals surface area contributed by atoms with Crippen LogP contribution < -0.4 is 10.2 Å². The Bertz CT molecular complexity index is 665. The molecule has 0 aromatic heterocycles. The molecule has 0 saturated carbocycles. The van der Waals surface area contributed by atoms with Crippen molar-refractivity contribution >= 4 is 17.5 Å². The second kappa shape index (κ2) is 11.4. The molecular formula is C21H31N5O2. The molecular weight excluding hydrogens is 354 g/mol. The van der Waals surface area contributed by atoms with Crippen LogP contribution in [0.1, 0.15) is 26.7 Å². The first kappa shape index (κ1) is 21.9. The predicted octanol–water partition coefficient (Wildman–Crippen LogP) is 1.47. The summed E-state index contributed by atoms with van der Waals surface area (Å²) in [5.74, 6) is 0.0649. The van der Waals surface area contributed by atoms with Crippen LogP contribution in [0.3, 0.4) is 0 Å². The first-order valence-electron chi connectivity index (χ1n) is 10.00. The Morgan fingerprint density at radius 1 is 1.14 bits per heavy atom. The zero-order valence-electron chi connectivity index (χ0n) is 16.9. The van der Waals surface area contributed by atoms with E-state index in [0.29, 0.717) is 26.1 Å². The van der Waals surface area contributed by atoms with Crippen molar-refractivity contribution in [1.29, 1.82) is 5.26 Å². The molecule has 1 N–H and O–H groups in total. The van der Waals surface area contributed by atoms with Crippen LogP contribution in [0.2, 0.25) is 0 Å². The molecule has 1 aliphatic heterocycles. The second-order valence-electron chi connectivity index (χ2n) is 7.22. The van der Waals surface area contributed by atoms with Crippen LogP contribution >= 0.6 is 0 Å². The van der Waals surface area contributed by atoms with Gasteiger partial charge >= 0.3 is 0 Å². The van der Waals surface area contributed by atoms with Gasteiger partial charge in [-0.05, 0) is 25.5 Å². The molecule has 1 atom stereocenters. The van der Waals surface area contributed by atoms with Crippen LogP contribution in [-0.2, 0) is 9.59 Å². The number of carbonyl (C=O) groups excluding carboxylic acids is 2. The summed E-state index contributed by atoms with van der Waals surface area (Å²) >= 11 is 0. The summed E-state index contributed by atoms with van der Waals surface area (Å²) in [6.45, 7) is 8.23. The Morgan fingerprint density at radius 3 is 2.32 bits per heavy atom. The molecule has 0 aliphatic carbocycles. The van der Waals surface area contributed by atoms with Crippen LogP contribution in [-0.4, -0.2) is 73.5 Å². The standard InChI is InChI=1S/C21H31N5O2/c1-3-18(2)23-20(27)16-24-12-14-25(15-13-24)17-21(28)26(11-7-10-22)19-8-5-4-6-9-19/h4-6,8-9,18H,3,7,11-17H2,1-2H3,(H,23,27). The van der Waals surface area contributed by atoms with Crippen LogP contribution in [0.25, 0.3) is 0 Å². The number of nitriles is 1. The van der Waals surface area contributed by atoms with Crippen LogP contribution in [0.15, 0.2) is 30.3 Å². The Balaban J connectivity index is 1.83. The lowest BCUT2D eigenvalue weighted by Gasteiger charge is -2.35. The lowest BCUT2D eigenvalue weighted by molar-refractivity contribution is -0.124. The van der Waals surface area contributed by atoms with Crippen molar-refractivity contribution in [3.8, 4) is 6.07 Å². The van der Waals surface area contributed by atoms with E-state index in [4.69, 9.17) is 5.26 Å². The molecule has 1 aromatic carbocycles. The smallest absolute Gasteiger partial charge is 0.241 e. The molecule has 7 nitrogen and oxygen atoms in total. The number of piperazine rings is 1. The van der Waals surface area contributed by atoms with Crippen molar-refractivity contribution in [2.45, 2.75) is 32.7 Å². The summed E-state index contributed by atoms with van der Waals surface area (Å²) in [6, 6.07) is 11.8. The fourth-order valence-electron chi connectivity index (χ4n) is 3.18. The van der Waals surface area contributed by atoms with E-state index in [0.717, 1.165) is 38.3 Å². The van der Waals surface area contributed by atoms with E-state index < -0.39 is 0 Å². The number of benzene rings is 1. The maximum atomic E-state index is 12.8. The lowest BCUT2D eigenvalue weighted by Crippen LogP contribution is -2.52. The van der Waals surface area contributed by atoms with Crippen LogP contribution in [0, 0.1) is 11.3 Å². The minimum atomic E-state index is 0.00409. The van der Waals surface area contributed by atoms with Crippen molar-refractivity contribution in [3.05, 3.63) is 30.3 Å². The van der Waals surface area contributed by atoms with E-state index in [2.05, 4.69) is 28.1 Å². The van der Waals surface area contributed by atoms with E-state index >= 15 is 0 Å². The van der Waals surface area contributed by atoms with Gasteiger partial charge in [-0.3, -0.25) is 19.4 Å². The van der Waals surface area contributed by atoms with Crippen molar-refractivity contribution in [2.75, 3.05) is 50.7 Å². The number of carbonyl (C=O) groups is 2. The van der Waals surface area contributed by atoms with Gasteiger partial charge in [-0.1, -0.05) is 25.1 Å². The highest BCUT2D eigenvalue weighted by molar-refractivity contribution is 5.94. The summed E-state index contributed by atoms with van der Waals surface area (Å²) in [4.78, 5) is 30.8. The average molecular weight is 386 g/mol. The minimum absolute atomic E-state index is 0.00409. The van der Waals surface area contributed by atoms with Gasteiger partial charge in [0.1, 0.15) is 0 Å². The lowest BCUT2D eigenvalue weighted by atomic mass is 10.2. The maximum Gasteiger partial charge on any atom is 0.241 e. The largest absolute Gasteiger partial charge is 0.353 e. The Hall–Kier alpha value is -2.43. The molecule has 7 heteroatoms. The van der Waals surface area contributed by atoms with Gasteiger partial charge in [-0.2, -0.15) is 5.26 Å². The molecule has 1 unspecified atom stereocenters. The van der Waals surface area contributed by atoms with Crippen LogP contribution in [0.4, 0.5) is 5.69 Å². The zero-order valence-corrected chi connectivity index (χ0v) is 16.9. The molecule has 152 valence electrons. The van der Waals surface area contributed by atoms with E-state index in [1.807, 2.05) is 37.3 Å². The quantitative estimate of drug-likeness (QED) is 0.696. The van der Waals surface area contributed by atoms with Crippen molar-refractivity contribution in [1.82, 2.24) is 15.1 Å². The van der Waals surface area contributed by atoms with Crippen molar-refractivity contribution in [3.63, 3.8) is 0 Å². The molecule has 0 bridgehead atoms. The van der Waals surface area contributed by atoms with Gasteiger partial charge in [0.2, 0.25) is 11.8 Å². The van der Waals surface area contributed by atoms with Gasteiger partial charge in [0, 0.05) is 44.5 Å². The first-order valence-corrected chi connectivity index (χ1v) is 10.00. The van der Waals surface area contributed by atoms with Crippen LogP contribution in [0.5, 0.6) is 0 Å². The monoisotopic (exact) mass is 385 g/mol. The first-order chi connectivity index (χ1) is 13.5. The fourth-order valence-corrected chi connectivity index (χ4v) is 3.18. The third-order valence-corrected chi connectivity index (χ3v) is 5.03. The Labute approximate surface area is 167 Å². The number of nitrogens with zero attached hydrogens (tertiary/aromatic N) is 4. The van der Waals surface area contributed by atoms with Crippen molar-refractivity contribution in [2.24, 2.45) is 0 Å². The molecule has 1 aliphatic rings. The molecule has 1 saturated heterocycles. The van der Waals surface area contributed by atoms with E-state index in [-0.39, 0.29) is 17.9 Å². The molecule has 2 amide bonds. The molecule has 1 heterocycles. The number of para-hydroxylation sites is 1. The van der Waals surface area contributed by atoms with Gasteiger partial charge in [0.15, 0.2) is 0 Å². The van der Waals surface area contributed by atoms with Gasteiger partial charge in [0.05, 0.1) is 25.6 Å². The number of hydrogen-bond acceptors (Lipinski definition) is 5. The summed E-state index contributed by atoms with van der Waals surface area (Å²) in [5.41, 5.74) is 0.822. The predicted molar refractivity (Wildman–Crippen MR) is 110 cm³/mol. The highest BCUT2D eigenvalue weighted by Gasteiger charge is 2.23. The SMILES string of the molecule is CCC(C)NC(=O)CN1CCN(CC(=O)N(CCC#N)c2ccccc2)CC1. The zero-order chi connectivity index (χ0) is 20.4. The third kappa shape index (κ3) is 6.95. The number of rotatable bonds is 9. The summed E-state index contributed by atoms with van der Waals surface area (Å²) in [6.07, 6.45) is 1.23. The van der Waals surface area contributed by atoms with Crippen molar-refractivity contribution < 1.29 is 9.59 Å². The number of amides is 2. The summed E-state index contributed by atoms with van der Waals surface area (Å²) in [5, 5.41) is 11.9. The molecule has 0 spiro atoms. The highest BCUT2D eigenvalue weighted by atomic mass is 16.2. The van der Waals surface area contributed by atoms with E-state index in [9.17, 15) is 9.59 Å². The number of anilines is 1. The molecule has 1 aromatic rings. The Morgan fingerprint density at radius 2 is 1.75 bits per heavy atom. The van der Waals surface area contributed by atoms with Gasteiger partial charge in [0.25, 0.3) is 0 Å². The second-order valence-corrected chi connectivity index (χ2v) is 7.22. The molecule has 1 fully saturated rings. The maximum absolute atomic E-state index is 12.8. The average Bonchev–Trinajstić information content (AvgIpc) is 2.70. The normalized spacial score (nSPS) is 16.2. The van der Waals surface area contributed by atoms with Gasteiger partial charge in [-0.15, -0.1) is 0 Å². The summed E-state index contributed by atoms with van der Waals surface area (Å²) in [7, 11) is 0. The Kier molecular flexibility index (Phi) is 8.92. The van der Waals surface area contributed by atoms with E-state index in [1.165, 1.54) is 0 Å².